The summed E-state index contributed by atoms with van der Waals surface area (Å²) in [6.07, 6.45) is 2.53. The molecular weight excluding hydrogens is 272 g/mol. The van der Waals surface area contributed by atoms with Crippen molar-refractivity contribution < 1.29 is 4.79 Å². The van der Waals surface area contributed by atoms with Gasteiger partial charge in [0.15, 0.2) is 0 Å². The van der Waals surface area contributed by atoms with Gasteiger partial charge in [-0.05, 0) is 13.5 Å². The summed E-state index contributed by atoms with van der Waals surface area (Å²) in [7, 11) is 2.09. The molecule has 0 spiro atoms. The van der Waals surface area contributed by atoms with Crippen LogP contribution in [0.15, 0.2) is 17.1 Å². The third kappa shape index (κ3) is 4.27. The van der Waals surface area contributed by atoms with Gasteiger partial charge in [-0.1, -0.05) is 0 Å². The van der Waals surface area contributed by atoms with Crippen molar-refractivity contribution in [2.75, 3.05) is 38.1 Å². The summed E-state index contributed by atoms with van der Waals surface area (Å²) >= 11 is 0. The summed E-state index contributed by atoms with van der Waals surface area (Å²) in [6, 6.07) is 1.61. The van der Waals surface area contributed by atoms with Gasteiger partial charge in [0, 0.05) is 45.2 Å². The van der Waals surface area contributed by atoms with E-state index in [9.17, 15) is 9.59 Å². The summed E-state index contributed by atoms with van der Waals surface area (Å²) in [5.74, 6) is 4.76. The molecule has 0 bridgehead atoms. The van der Waals surface area contributed by atoms with Crippen molar-refractivity contribution in [2.45, 2.75) is 19.4 Å². The van der Waals surface area contributed by atoms with Crippen LogP contribution in [0.1, 0.15) is 12.8 Å². The highest BCUT2D eigenvalue weighted by Crippen LogP contribution is 2.12. The number of amides is 1. The molecular formula is C13H22N6O2. The fourth-order valence-corrected chi connectivity index (χ4v) is 2.29. The average molecular weight is 294 g/mol. The molecule has 8 nitrogen and oxygen atoms in total. The normalized spacial score (nSPS) is 16.0. The smallest absolute Gasteiger partial charge is 0.268 e. The van der Waals surface area contributed by atoms with Gasteiger partial charge in [0.1, 0.15) is 0 Å². The maximum absolute atomic E-state index is 12.0. The van der Waals surface area contributed by atoms with Crippen molar-refractivity contribution >= 4 is 11.6 Å². The number of anilines is 1. The SMILES string of the molecule is CN1CCN(c2cnn(CCCC(=O)NN)c(=O)c2)CC1. The van der Waals surface area contributed by atoms with Gasteiger partial charge in [-0.15, -0.1) is 0 Å². The number of nitrogens with one attached hydrogen (secondary N) is 1. The molecule has 1 amide bonds. The number of aromatic nitrogens is 2. The Hall–Kier alpha value is -1.93. The van der Waals surface area contributed by atoms with E-state index in [0.717, 1.165) is 31.9 Å². The molecule has 1 aliphatic heterocycles. The van der Waals surface area contributed by atoms with Gasteiger partial charge in [0.2, 0.25) is 5.91 Å². The van der Waals surface area contributed by atoms with Crippen LogP contribution in [-0.2, 0) is 11.3 Å². The first-order valence-corrected chi connectivity index (χ1v) is 7.10. The molecule has 116 valence electrons. The number of hydrogen-bond acceptors (Lipinski definition) is 6. The molecule has 2 rings (SSSR count). The van der Waals surface area contributed by atoms with Crippen LogP contribution in [0, 0.1) is 0 Å². The van der Waals surface area contributed by atoms with Crippen LogP contribution in [0.2, 0.25) is 0 Å². The van der Waals surface area contributed by atoms with Gasteiger partial charge in [0.25, 0.3) is 5.56 Å². The second-order valence-electron chi connectivity index (χ2n) is 5.24. The lowest BCUT2D eigenvalue weighted by molar-refractivity contribution is -0.121. The lowest BCUT2D eigenvalue weighted by Crippen LogP contribution is -2.45. The molecule has 0 saturated carbocycles. The van der Waals surface area contributed by atoms with E-state index in [-0.39, 0.29) is 17.9 Å². The Morgan fingerprint density at radius 1 is 1.38 bits per heavy atom. The summed E-state index contributed by atoms with van der Waals surface area (Å²) in [5, 5.41) is 4.18. The Labute approximate surface area is 123 Å². The second kappa shape index (κ2) is 7.19. The Morgan fingerprint density at radius 3 is 2.71 bits per heavy atom. The highest BCUT2D eigenvalue weighted by atomic mass is 16.2. The van der Waals surface area contributed by atoms with E-state index in [2.05, 4.69) is 27.4 Å². The van der Waals surface area contributed by atoms with Crippen LogP contribution in [0.4, 0.5) is 5.69 Å². The van der Waals surface area contributed by atoms with Crippen molar-refractivity contribution in [1.82, 2.24) is 20.1 Å². The van der Waals surface area contributed by atoms with Gasteiger partial charge in [0.05, 0.1) is 11.9 Å². The molecule has 21 heavy (non-hydrogen) atoms. The Bertz CT molecular complexity index is 536. The Kier molecular flexibility index (Phi) is 5.29. The molecule has 1 fully saturated rings. The number of nitrogens with two attached hydrogens (primary N) is 1. The number of piperazine rings is 1. The van der Waals surface area contributed by atoms with Gasteiger partial charge in [-0.2, -0.15) is 5.10 Å². The minimum atomic E-state index is -0.239. The summed E-state index contributed by atoms with van der Waals surface area (Å²) in [6.45, 7) is 4.18. The molecule has 1 saturated heterocycles. The maximum atomic E-state index is 12.0. The third-order valence-corrected chi connectivity index (χ3v) is 3.66. The van der Waals surface area contributed by atoms with Crippen molar-refractivity contribution in [2.24, 2.45) is 5.84 Å². The number of nitrogens with zero attached hydrogens (tertiary/aromatic N) is 4. The quantitative estimate of drug-likeness (QED) is 0.401. The summed E-state index contributed by atoms with van der Waals surface area (Å²) < 4.78 is 1.38. The van der Waals surface area contributed by atoms with Gasteiger partial charge in [-0.25, -0.2) is 10.5 Å². The average Bonchev–Trinajstić information content (AvgIpc) is 2.49. The zero-order valence-corrected chi connectivity index (χ0v) is 12.3. The summed E-state index contributed by atoms with van der Waals surface area (Å²) in [5.41, 5.74) is 2.79. The number of likely N-dealkylation sites (N-methyl/N-ethyl adjacent to an activating group) is 1. The van der Waals surface area contributed by atoms with Crippen LogP contribution < -0.4 is 21.7 Å². The van der Waals surface area contributed by atoms with E-state index >= 15 is 0 Å². The molecule has 3 N–H and O–H groups in total. The van der Waals surface area contributed by atoms with Crippen molar-refractivity contribution in [3.63, 3.8) is 0 Å². The fourth-order valence-electron chi connectivity index (χ4n) is 2.29. The zero-order valence-electron chi connectivity index (χ0n) is 12.3. The van der Waals surface area contributed by atoms with Crippen LogP contribution in [0.25, 0.3) is 0 Å². The molecule has 2 heterocycles. The summed E-state index contributed by atoms with van der Waals surface area (Å²) in [4.78, 5) is 27.5. The molecule has 0 aromatic carbocycles. The van der Waals surface area contributed by atoms with Crippen molar-refractivity contribution in [1.29, 1.82) is 0 Å². The molecule has 0 atom stereocenters. The van der Waals surface area contributed by atoms with Crippen LogP contribution in [0.3, 0.4) is 0 Å². The monoisotopic (exact) mass is 294 g/mol. The lowest BCUT2D eigenvalue weighted by atomic mass is 10.3. The van der Waals surface area contributed by atoms with Gasteiger partial charge >= 0.3 is 0 Å². The van der Waals surface area contributed by atoms with Crippen molar-refractivity contribution in [3.05, 3.63) is 22.6 Å². The lowest BCUT2D eigenvalue weighted by Gasteiger charge is -2.33. The van der Waals surface area contributed by atoms with Crippen LogP contribution in [0.5, 0.6) is 0 Å². The molecule has 0 unspecified atom stereocenters. The largest absolute Gasteiger partial charge is 0.368 e. The van der Waals surface area contributed by atoms with E-state index in [1.165, 1.54) is 4.68 Å². The number of rotatable bonds is 5. The van der Waals surface area contributed by atoms with E-state index in [1.54, 1.807) is 12.3 Å². The predicted molar refractivity (Wildman–Crippen MR) is 79.8 cm³/mol. The second-order valence-corrected chi connectivity index (χ2v) is 5.24. The number of hydrazine groups is 1. The minimum absolute atomic E-state index is 0.139. The highest BCUT2D eigenvalue weighted by molar-refractivity contribution is 5.75. The first-order valence-electron chi connectivity index (χ1n) is 7.10. The predicted octanol–water partition coefficient (Wildman–Crippen LogP) is -1.23. The van der Waals surface area contributed by atoms with Gasteiger partial charge in [-0.3, -0.25) is 15.0 Å². The Balaban J connectivity index is 1.94. The number of aryl methyl sites for hydroxylation is 1. The van der Waals surface area contributed by atoms with E-state index in [0.29, 0.717) is 13.0 Å². The first kappa shape index (κ1) is 15.5. The molecule has 0 aliphatic carbocycles. The van der Waals surface area contributed by atoms with Crippen LogP contribution >= 0.6 is 0 Å². The molecule has 1 aromatic rings. The van der Waals surface area contributed by atoms with Crippen LogP contribution in [-0.4, -0.2) is 53.8 Å². The first-order chi connectivity index (χ1) is 10.1. The van der Waals surface area contributed by atoms with E-state index < -0.39 is 0 Å². The van der Waals surface area contributed by atoms with E-state index in [1.807, 2.05) is 0 Å². The number of hydrogen-bond donors (Lipinski definition) is 2. The molecule has 8 heteroatoms. The maximum Gasteiger partial charge on any atom is 0.268 e. The van der Waals surface area contributed by atoms with E-state index in [4.69, 9.17) is 5.84 Å². The Morgan fingerprint density at radius 2 is 2.10 bits per heavy atom. The highest BCUT2D eigenvalue weighted by Gasteiger charge is 2.15. The molecule has 0 radical (unpaired) electrons. The van der Waals surface area contributed by atoms with Gasteiger partial charge < -0.3 is 9.80 Å². The fraction of sp³-hybridized carbons (Fsp3) is 0.615. The number of carbonyl (C=O) groups excluding carboxylic acids is 1. The standard InChI is InChI=1S/C13H22N6O2/c1-17-5-7-18(8-6-17)11-9-13(21)19(15-10-11)4-2-3-12(20)16-14/h9-10H,2-8,14H2,1H3,(H,16,20). The van der Waals surface area contributed by atoms with Crippen molar-refractivity contribution in [3.8, 4) is 0 Å². The molecule has 1 aliphatic rings. The third-order valence-electron chi connectivity index (χ3n) is 3.66. The topological polar surface area (TPSA) is 96.5 Å². The number of carbonyl (C=O) groups is 1. The minimum Gasteiger partial charge on any atom is -0.368 e. The zero-order chi connectivity index (χ0) is 15.2. The molecule has 1 aromatic heterocycles.